The van der Waals surface area contributed by atoms with Crippen LogP contribution in [0.15, 0.2) is 6.07 Å². The minimum Gasteiger partial charge on any atom is -0.444 e. The van der Waals surface area contributed by atoms with Crippen LogP contribution in [0, 0.1) is 5.92 Å². The summed E-state index contributed by atoms with van der Waals surface area (Å²) in [4.78, 5) is 27.7. The van der Waals surface area contributed by atoms with Crippen molar-refractivity contribution < 1.29 is 22.7 Å². The molecule has 2 amide bonds. The average Bonchev–Trinajstić information content (AvgIpc) is 3.18. The van der Waals surface area contributed by atoms with Crippen LogP contribution in [-0.2, 0) is 19.6 Å². The summed E-state index contributed by atoms with van der Waals surface area (Å²) in [5, 5.41) is 12.3. The van der Waals surface area contributed by atoms with E-state index in [0.717, 1.165) is 18.5 Å². The number of ether oxygens (including phenoxy) is 1. The van der Waals surface area contributed by atoms with Gasteiger partial charge in [0.15, 0.2) is 5.82 Å². The Bertz CT molecular complexity index is 867. The van der Waals surface area contributed by atoms with Crippen LogP contribution in [0.4, 0.5) is 10.6 Å². The number of amides is 2. The number of likely N-dealkylation sites (tertiary alicyclic amines) is 1. The largest absolute Gasteiger partial charge is 0.444 e. The zero-order valence-electron chi connectivity index (χ0n) is 17.1. The second-order valence-corrected chi connectivity index (χ2v) is 10.5. The summed E-state index contributed by atoms with van der Waals surface area (Å²) in [6.07, 6.45) is 1.38. The topological polar surface area (TPSA) is 139 Å². The molecule has 0 saturated carbocycles. The first-order valence-electron chi connectivity index (χ1n) is 9.75. The number of piperidine rings is 1. The van der Waals surface area contributed by atoms with Gasteiger partial charge in [0.25, 0.3) is 0 Å². The maximum atomic E-state index is 12.3. The number of sulfonamides is 1. The third-order valence-corrected chi connectivity index (χ3v) is 6.06. The zero-order valence-corrected chi connectivity index (χ0v) is 17.9. The van der Waals surface area contributed by atoms with E-state index in [-0.39, 0.29) is 42.6 Å². The summed E-state index contributed by atoms with van der Waals surface area (Å²) < 4.78 is 28.0. The van der Waals surface area contributed by atoms with Crippen molar-refractivity contribution in [1.29, 1.82) is 0 Å². The first kappa shape index (κ1) is 21.6. The molecule has 3 heterocycles. The average molecular weight is 428 g/mol. The van der Waals surface area contributed by atoms with Gasteiger partial charge in [0.2, 0.25) is 15.9 Å². The second-order valence-electron chi connectivity index (χ2n) is 8.83. The van der Waals surface area contributed by atoms with Gasteiger partial charge in [0.05, 0.1) is 5.75 Å². The number of aromatic nitrogens is 2. The molecule has 11 heteroatoms. The Morgan fingerprint density at radius 1 is 1.34 bits per heavy atom. The maximum Gasteiger partial charge on any atom is 0.410 e. The molecule has 0 aromatic carbocycles. The lowest BCUT2D eigenvalue weighted by Gasteiger charge is -2.33. The lowest BCUT2D eigenvalue weighted by atomic mass is 9.94. The van der Waals surface area contributed by atoms with Crippen molar-refractivity contribution in [2.75, 3.05) is 30.3 Å². The highest BCUT2D eigenvalue weighted by atomic mass is 32.2. The Balaban J connectivity index is 1.57. The van der Waals surface area contributed by atoms with E-state index in [4.69, 9.17) is 9.88 Å². The molecule has 3 N–H and O–H groups in total. The molecule has 2 fully saturated rings. The van der Waals surface area contributed by atoms with Gasteiger partial charge in [0.1, 0.15) is 5.60 Å². The molecule has 10 nitrogen and oxygen atoms in total. The number of nitrogens with one attached hydrogen (secondary N) is 1. The zero-order chi connectivity index (χ0) is 21.4. The molecule has 1 unspecified atom stereocenters. The normalized spacial score (nSPS) is 21.7. The van der Waals surface area contributed by atoms with Crippen LogP contribution >= 0.6 is 0 Å². The molecule has 0 radical (unpaired) electrons. The Labute approximate surface area is 170 Å². The predicted molar refractivity (Wildman–Crippen MR) is 107 cm³/mol. The third-order valence-electron chi connectivity index (χ3n) is 5.12. The molecule has 1 atom stereocenters. The number of hydrogen-bond donors (Lipinski definition) is 2. The molecule has 2 aliphatic rings. The molecule has 3 rings (SSSR count). The van der Waals surface area contributed by atoms with E-state index in [9.17, 15) is 18.0 Å². The summed E-state index contributed by atoms with van der Waals surface area (Å²) >= 11 is 0. The van der Waals surface area contributed by atoms with Crippen LogP contribution in [0.1, 0.15) is 51.6 Å². The van der Waals surface area contributed by atoms with E-state index < -0.39 is 15.6 Å². The van der Waals surface area contributed by atoms with Crippen LogP contribution in [0.3, 0.4) is 0 Å². The fourth-order valence-corrected chi connectivity index (χ4v) is 4.70. The van der Waals surface area contributed by atoms with Crippen LogP contribution < -0.4 is 10.0 Å². The van der Waals surface area contributed by atoms with Gasteiger partial charge in [-0.3, -0.25) is 14.8 Å². The minimum absolute atomic E-state index is 0.146. The first-order valence-corrected chi connectivity index (χ1v) is 11.5. The molecule has 0 spiro atoms. The molecular formula is C18H29N5O5S. The van der Waals surface area contributed by atoms with Crippen molar-refractivity contribution in [2.45, 2.75) is 51.6 Å². The van der Waals surface area contributed by atoms with Crippen molar-refractivity contribution in [3.05, 3.63) is 11.8 Å². The van der Waals surface area contributed by atoms with Gasteiger partial charge in [-0.15, -0.1) is 0 Å². The van der Waals surface area contributed by atoms with Gasteiger partial charge in [-0.1, -0.05) is 0 Å². The highest BCUT2D eigenvalue weighted by Crippen LogP contribution is 2.31. The highest BCUT2D eigenvalue weighted by Gasteiger charge is 2.35. The Morgan fingerprint density at radius 3 is 2.59 bits per heavy atom. The van der Waals surface area contributed by atoms with Gasteiger partial charge >= 0.3 is 6.09 Å². The van der Waals surface area contributed by atoms with Gasteiger partial charge in [-0.05, 0) is 33.6 Å². The number of aromatic amines is 1. The molecule has 2 saturated heterocycles. The molecule has 0 aliphatic carbocycles. The maximum absolute atomic E-state index is 12.3. The Kier molecular flexibility index (Phi) is 5.91. The van der Waals surface area contributed by atoms with Crippen molar-refractivity contribution >= 4 is 27.8 Å². The number of carbonyl (C=O) groups is 2. The van der Waals surface area contributed by atoms with Crippen molar-refractivity contribution in [3.8, 4) is 0 Å². The lowest BCUT2D eigenvalue weighted by molar-refractivity contribution is -0.117. The molecule has 162 valence electrons. The Morgan fingerprint density at radius 2 is 2.00 bits per heavy atom. The summed E-state index contributed by atoms with van der Waals surface area (Å²) in [5.41, 5.74) is 0.391. The van der Waals surface area contributed by atoms with Gasteiger partial charge in [-0.25, -0.2) is 18.4 Å². The highest BCUT2D eigenvalue weighted by molar-refractivity contribution is 7.89. The van der Waals surface area contributed by atoms with Crippen LogP contribution in [0.2, 0.25) is 0 Å². The van der Waals surface area contributed by atoms with Crippen molar-refractivity contribution in [2.24, 2.45) is 11.1 Å². The second kappa shape index (κ2) is 7.94. The van der Waals surface area contributed by atoms with Crippen molar-refractivity contribution in [3.63, 3.8) is 0 Å². The minimum atomic E-state index is -3.62. The van der Waals surface area contributed by atoms with E-state index in [1.807, 2.05) is 26.8 Å². The number of nitrogens with zero attached hydrogens (tertiary/aromatic N) is 3. The smallest absolute Gasteiger partial charge is 0.410 e. The van der Waals surface area contributed by atoms with E-state index in [0.29, 0.717) is 18.9 Å². The molecule has 1 aromatic rings. The van der Waals surface area contributed by atoms with E-state index in [2.05, 4.69) is 10.2 Å². The fraction of sp³-hybridized carbons (Fsp3) is 0.722. The van der Waals surface area contributed by atoms with Gasteiger partial charge in [0, 0.05) is 49.7 Å². The van der Waals surface area contributed by atoms with E-state index in [1.54, 1.807) is 4.90 Å². The monoisotopic (exact) mass is 427 g/mol. The number of carbonyl (C=O) groups excluding carboxylic acids is 2. The molecule has 0 bridgehead atoms. The molecule has 2 aliphatic heterocycles. The molecular weight excluding hydrogens is 398 g/mol. The van der Waals surface area contributed by atoms with Gasteiger partial charge in [-0.2, -0.15) is 5.10 Å². The number of hydrogen-bond acceptors (Lipinski definition) is 6. The molecule has 29 heavy (non-hydrogen) atoms. The summed E-state index contributed by atoms with van der Waals surface area (Å²) in [6, 6.07) is 1.84. The number of primary sulfonamides is 1. The Hall–Kier alpha value is -2.14. The fourth-order valence-electron chi connectivity index (χ4n) is 3.82. The van der Waals surface area contributed by atoms with E-state index in [1.165, 1.54) is 4.90 Å². The van der Waals surface area contributed by atoms with Crippen LogP contribution in [0.5, 0.6) is 0 Å². The van der Waals surface area contributed by atoms with Crippen molar-refractivity contribution in [1.82, 2.24) is 15.1 Å². The molecule has 1 aromatic heterocycles. The lowest BCUT2D eigenvalue weighted by Crippen LogP contribution is -2.41. The van der Waals surface area contributed by atoms with Crippen LogP contribution in [0.25, 0.3) is 0 Å². The summed E-state index contributed by atoms with van der Waals surface area (Å²) in [7, 11) is -3.62. The van der Waals surface area contributed by atoms with Crippen LogP contribution in [-0.4, -0.2) is 66.5 Å². The standard InChI is InChI=1S/C18H29N5O5S/c1-18(2,3)28-17(25)22-6-4-13(5-7-22)14-9-15(21-20-14)23-10-12(8-16(23)24)11-29(19,26)27/h9,12-13H,4-8,10-11H2,1-3H3,(H,20,21)(H2,19,26,27). The number of H-pyrrole nitrogens is 1. The van der Waals surface area contributed by atoms with Gasteiger partial charge < -0.3 is 9.64 Å². The van der Waals surface area contributed by atoms with E-state index >= 15 is 0 Å². The summed E-state index contributed by atoms with van der Waals surface area (Å²) in [6.45, 7) is 7.00. The predicted octanol–water partition coefficient (Wildman–Crippen LogP) is 1.17. The first-order chi connectivity index (χ1) is 13.4. The quantitative estimate of drug-likeness (QED) is 0.739. The number of rotatable bonds is 4. The number of nitrogens with two attached hydrogens (primary N) is 1. The summed E-state index contributed by atoms with van der Waals surface area (Å²) in [5.74, 6) is 0.00541. The third kappa shape index (κ3) is 5.69. The number of anilines is 1. The SMILES string of the molecule is CC(C)(C)OC(=O)N1CCC(c2cc(N3CC(CS(N)(=O)=O)CC3=O)n[nH]2)CC1.